The van der Waals surface area contributed by atoms with Crippen LogP contribution in [0.5, 0.6) is 0 Å². The van der Waals surface area contributed by atoms with Crippen LogP contribution in [0.2, 0.25) is 5.02 Å². The predicted molar refractivity (Wildman–Crippen MR) is 99.3 cm³/mol. The van der Waals surface area contributed by atoms with E-state index in [-0.39, 0.29) is 5.91 Å². The van der Waals surface area contributed by atoms with Crippen molar-refractivity contribution in [1.82, 2.24) is 9.78 Å². The Morgan fingerprint density at radius 1 is 1.08 bits per heavy atom. The third-order valence-electron chi connectivity index (χ3n) is 3.45. The molecule has 1 amide bonds. The van der Waals surface area contributed by atoms with E-state index in [1.807, 2.05) is 42.6 Å². The summed E-state index contributed by atoms with van der Waals surface area (Å²) in [5.74, 6) is -0.0829. The lowest BCUT2D eigenvalue weighted by Crippen LogP contribution is -2.13. The van der Waals surface area contributed by atoms with Gasteiger partial charge in [0.05, 0.1) is 24.8 Å². The van der Waals surface area contributed by atoms with Crippen LogP contribution in [0.25, 0.3) is 0 Å². The zero-order valence-corrected chi connectivity index (χ0v) is 15.1. The fourth-order valence-electron chi connectivity index (χ4n) is 2.28. The molecule has 0 bridgehead atoms. The maximum atomic E-state index is 12.1. The van der Waals surface area contributed by atoms with Crippen LogP contribution < -0.4 is 5.32 Å². The molecule has 0 aliphatic rings. The van der Waals surface area contributed by atoms with Crippen molar-refractivity contribution in [3.05, 3.63) is 81.5 Å². The third-order valence-corrected chi connectivity index (χ3v) is 4.23. The first-order chi connectivity index (χ1) is 11.6. The fourth-order valence-corrected chi connectivity index (χ4v) is 2.67. The van der Waals surface area contributed by atoms with Crippen LogP contribution in [0, 0.1) is 0 Å². The number of aromatic nitrogens is 2. The standard InChI is InChI=1S/C18H15BrClN3O/c19-15-5-1-14(2-6-15)11-23-12-17(10-21-23)22-18(24)9-13-3-7-16(20)8-4-13/h1-8,10,12H,9,11H2,(H,22,24). The van der Waals surface area contributed by atoms with Crippen molar-refractivity contribution in [3.63, 3.8) is 0 Å². The molecular weight excluding hydrogens is 390 g/mol. The molecule has 1 heterocycles. The molecule has 0 spiro atoms. The smallest absolute Gasteiger partial charge is 0.228 e. The Hall–Kier alpha value is -2.11. The second kappa shape index (κ2) is 7.64. The summed E-state index contributed by atoms with van der Waals surface area (Å²) in [5, 5.41) is 7.80. The Morgan fingerprint density at radius 3 is 2.46 bits per heavy atom. The van der Waals surface area contributed by atoms with Crippen LogP contribution in [-0.2, 0) is 17.8 Å². The quantitative estimate of drug-likeness (QED) is 0.679. The molecular formula is C18H15BrClN3O. The van der Waals surface area contributed by atoms with Gasteiger partial charge in [-0.1, -0.05) is 51.8 Å². The summed E-state index contributed by atoms with van der Waals surface area (Å²) in [7, 11) is 0. The second-order valence-electron chi connectivity index (χ2n) is 5.40. The number of carbonyl (C=O) groups excluding carboxylic acids is 1. The normalized spacial score (nSPS) is 10.6. The molecule has 0 aliphatic heterocycles. The first-order valence-electron chi connectivity index (χ1n) is 7.40. The van der Waals surface area contributed by atoms with Gasteiger partial charge in [0.1, 0.15) is 0 Å². The van der Waals surface area contributed by atoms with Gasteiger partial charge >= 0.3 is 0 Å². The topological polar surface area (TPSA) is 46.9 Å². The number of benzene rings is 2. The zero-order chi connectivity index (χ0) is 16.9. The van der Waals surface area contributed by atoms with Crippen molar-refractivity contribution in [2.24, 2.45) is 0 Å². The molecule has 24 heavy (non-hydrogen) atoms. The molecule has 6 heteroatoms. The van der Waals surface area contributed by atoms with Gasteiger partial charge in [-0.3, -0.25) is 9.48 Å². The molecule has 0 saturated carbocycles. The number of anilines is 1. The van der Waals surface area contributed by atoms with Gasteiger partial charge in [-0.2, -0.15) is 5.10 Å². The fraction of sp³-hybridized carbons (Fsp3) is 0.111. The maximum absolute atomic E-state index is 12.1. The lowest BCUT2D eigenvalue weighted by Gasteiger charge is -2.03. The zero-order valence-electron chi connectivity index (χ0n) is 12.7. The van der Waals surface area contributed by atoms with Crippen LogP contribution in [0.15, 0.2) is 65.4 Å². The van der Waals surface area contributed by atoms with Crippen molar-refractivity contribution < 1.29 is 4.79 Å². The summed E-state index contributed by atoms with van der Waals surface area (Å²) < 4.78 is 2.84. The molecule has 4 nitrogen and oxygen atoms in total. The summed E-state index contributed by atoms with van der Waals surface area (Å²) in [6.45, 7) is 0.653. The van der Waals surface area contributed by atoms with E-state index in [1.54, 1.807) is 23.0 Å². The van der Waals surface area contributed by atoms with Gasteiger partial charge in [0.15, 0.2) is 0 Å². The molecule has 0 unspecified atom stereocenters. The highest BCUT2D eigenvalue weighted by Crippen LogP contribution is 2.14. The molecule has 0 aliphatic carbocycles. The van der Waals surface area contributed by atoms with Gasteiger partial charge in [0.2, 0.25) is 5.91 Å². The van der Waals surface area contributed by atoms with Crippen LogP contribution >= 0.6 is 27.5 Å². The maximum Gasteiger partial charge on any atom is 0.228 e. The highest BCUT2D eigenvalue weighted by atomic mass is 79.9. The first kappa shape index (κ1) is 16.7. The van der Waals surface area contributed by atoms with Gasteiger partial charge in [-0.15, -0.1) is 0 Å². The van der Waals surface area contributed by atoms with E-state index in [9.17, 15) is 4.79 Å². The van der Waals surface area contributed by atoms with Crippen LogP contribution in [0.1, 0.15) is 11.1 Å². The van der Waals surface area contributed by atoms with Gasteiger partial charge in [-0.25, -0.2) is 0 Å². The lowest BCUT2D eigenvalue weighted by atomic mass is 10.1. The molecule has 1 aromatic heterocycles. The molecule has 0 saturated heterocycles. The van der Waals surface area contributed by atoms with Crippen molar-refractivity contribution in [2.75, 3.05) is 5.32 Å². The van der Waals surface area contributed by atoms with Crippen LogP contribution in [0.3, 0.4) is 0 Å². The average Bonchev–Trinajstić information content (AvgIpc) is 2.99. The Bertz CT molecular complexity index is 828. The number of nitrogens with zero attached hydrogens (tertiary/aromatic N) is 2. The summed E-state index contributed by atoms with van der Waals surface area (Å²) in [6.07, 6.45) is 3.77. The van der Waals surface area contributed by atoms with Gasteiger partial charge in [0.25, 0.3) is 0 Å². The SMILES string of the molecule is O=C(Cc1ccc(Cl)cc1)Nc1cnn(Cc2ccc(Br)cc2)c1. The van der Waals surface area contributed by atoms with E-state index in [0.29, 0.717) is 23.7 Å². The molecule has 0 radical (unpaired) electrons. The van der Waals surface area contributed by atoms with Crippen LogP contribution in [0.4, 0.5) is 5.69 Å². The lowest BCUT2D eigenvalue weighted by molar-refractivity contribution is -0.115. The Morgan fingerprint density at radius 2 is 1.75 bits per heavy atom. The highest BCUT2D eigenvalue weighted by Gasteiger charge is 2.06. The van der Waals surface area contributed by atoms with Crippen molar-refractivity contribution in [2.45, 2.75) is 13.0 Å². The minimum atomic E-state index is -0.0829. The Kier molecular flexibility index (Phi) is 5.33. The predicted octanol–water partition coefficient (Wildman–Crippen LogP) is 4.53. The summed E-state index contributed by atoms with van der Waals surface area (Å²) >= 11 is 9.26. The summed E-state index contributed by atoms with van der Waals surface area (Å²) in [5.41, 5.74) is 2.74. The molecule has 2 aromatic carbocycles. The summed E-state index contributed by atoms with van der Waals surface area (Å²) in [6, 6.07) is 15.3. The first-order valence-corrected chi connectivity index (χ1v) is 8.57. The van der Waals surface area contributed by atoms with Crippen molar-refractivity contribution in [1.29, 1.82) is 0 Å². The summed E-state index contributed by atoms with van der Waals surface area (Å²) in [4.78, 5) is 12.1. The third kappa shape index (κ3) is 4.69. The minimum Gasteiger partial charge on any atom is -0.323 e. The van der Waals surface area contributed by atoms with Crippen molar-refractivity contribution >= 4 is 39.1 Å². The van der Waals surface area contributed by atoms with E-state index in [0.717, 1.165) is 15.6 Å². The van der Waals surface area contributed by atoms with Gasteiger partial charge in [-0.05, 0) is 35.4 Å². The van der Waals surface area contributed by atoms with E-state index in [4.69, 9.17) is 11.6 Å². The second-order valence-corrected chi connectivity index (χ2v) is 6.76. The number of hydrogen-bond acceptors (Lipinski definition) is 2. The monoisotopic (exact) mass is 403 g/mol. The van der Waals surface area contributed by atoms with Gasteiger partial charge in [0, 0.05) is 15.7 Å². The number of hydrogen-bond donors (Lipinski definition) is 1. The van der Waals surface area contributed by atoms with E-state index < -0.39 is 0 Å². The minimum absolute atomic E-state index is 0.0829. The Labute approximate surface area is 153 Å². The number of rotatable bonds is 5. The highest BCUT2D eigenvalue weighted by molar-refractivity contribution is 9.10. The molecule has 1 N–H and O–H groups in total. The van der Waals surface area contributed by atoms with Gasteiger partial charge < -0.3 is 5.32 Å². The Balaban J connectivity index is 1.58. The average molecular weight is 405 g/mol. The van der Waals surface area contributed by atoms with E-state index >= 15 is 0 Å². The number of carbonyl (C=O) groups is 1. The number of nitrogens with one attached hydrogen (secondary N) is 1. The molecule has 0 fully saturated rings. The number of amides is 1. The van der Waals surface area contributed by atoms with Crippen LogP contribution in [-0.4, -0.2) is 15.7 Å². The largest absolute Gasteiger partial charge is 0.323 e. The van der Waals surface area contributed by atoms with Crippen molar-refractivity contribution in [3.8, 4) is 0 Å². The molecule has 3 aromatic rings. The molecule has 0 atom stereocenters. The molecule has 3 rings (SSSR count). The molecule has 122 valence electrons. The number of halogens is 2. The van der Waals surface area contributed by atoms with E-state index in [1.165, 1.54) is 0 Å². The van der Waals surface area contributed by atoms with E-state index in [2.05, 4.69) is 26.3 Å².